The zero-order chi connectivity index (χ0) is 12.2. The average Bonchev–Trinajstić information content (AvgIpc) is 2.38. The third-order valence-corrected chi connectivity index (χ3v) is 3.01. The Labute approximate surface area is 99.9 Å². The maximum atomic E-state index is 5.79. The summed E-state index contributed by atoms with van der Waals surface area (Å²) in [6, 6.07) is 0.538. The Kier molecular flexibility index (Phi) is 5.22. The molecule has 1 rings (SSSR count). The van der Waals surface area contributed by atoms with Crippen molar-refractivity contribution in [3.8, 4) is 0 Å². The lowest BCUT2D eigenvalue weighted by molar-refractivity contribution is -0.0272. The first-order valence-electron chi connectivity index (χ1n) is 6.36. The predicted molar refractivity (Wildman–Crippen MR) is 66.7 cm³/mol. The minimum atomic E-state index is 0.203. The van der Waals surface area contributed by atoms with Crippen molar-refractivity contribution in [3.05, 3.63) is 0 Å². The van der Waals surface area contributed by atoms with E-state index in [2.05, 4.69) is 39.9 Å². The molecule has 1 aliphatic rings. The highest BCUT2D eigenvalue weighted by Crippen LogP contribution is 2.23. The Hall–Kier alpha value is -0.120. The van der Waals surface area contributed by atoms with Crippen LogP contribution in [0.15, 0.2) is 0 Å². The van der Waals surface area contributed by atoms with E-state index >= 15 is 0 Å². The Morgan fingerprint density at radius 1 is 1.38 bits per heavy atom. The number of rotatable bonds is 3. The molecule has 0 bridgehead atoms. The van der Waals surface area contributed by atoms with E-state index in [9.17, 15) is 0 Å². The summed E-state index contributed by atoms with van der Waals surface area (Å²) in [5, 5.41) is 3.59. The molecule has 1 aliphatic heterocycles. The van der Waals surface area contributed by atoms with Gasteiger partial charge in [-0.15, -0.1) is 0 Å². The van der Waals surface area contributed by atoms with E-state index in [1.54, 1.807) is 0 Å². The number of hydrogen-bond donors (Lipinski definition) is 1. The van der Waals surface area contributed by atoms with E-state index in [1.807, 2.05) is 0 Å². The van der Waals surface area contributed by atoms with E-state index < -0.39 is 0 Å². The molecule has 1 fully saturated rings. The SMILES string of the molecule is CC(C)OCC1CNC(C(C)(C)C)CCO1. The van der Waals surface area contributed by atoms with Crippen molar-refractivity contribution in [1.82, 2.24) is 5.32 Å². The first kappa shape index (κ1) is 13.9. The molecule has 0 spiro atoms. The van der Waals surface area contributed by atoms with E-state index in [1.165, 1.54) is 0 Å². The van der Waals surface area contributed by atoms with Gasteiger partial charge in [0, 0.05) is 19.2 Å². The largest absolute Gasteiger partial charge is 0.376 e. The summed E-state index contributed by atoms with van der Waals surface area (Å²) in [6.07, 6.45) is 1.57. The summed E-state index contributed by atoms with van der Waals surface area (Å²) in [5.41, 5.74) is 0.303. The molecule has 0 aliphatic carbocycles. The van der Waals surface area contributed by atoms with Gasteiger partial charge in [0.05, 0.1) is 18.8 Å². The molecule has 16 heavy (non-hydrogen) atoms. The fourth-order valence-electron chi connectivity index (χ4n) is 1.93. The highest BCUT2D eigenvalue weighted by atomic mass is 16.5. The molecule has 3 heteroatoms. The molecule has 0 radical (unpaired) electrons. The van der Waals surface area contributed by atoms with Gasteiger partial charge in [0.25, 0.3) is 0 Å². The molecule has 0 aromatic carbocycles. The van der Waals surface area contributed by atoms with Gasteiger partial charge in [-0.2, -0.15) is 0 Å². The molecule has 3 nitrogen and oxygen atoms in total. The second kappa shape index (κ2) is 5.99. The third kappa shape index (κ3) is 4.81. The van der Waals surface area contributed by atoms with Crippen LogP contribution in [-0.4, -0.2) is 38.0 Å². The third-order valence-electron chi connectivity index (χ3n) is 3.01. The Morgan fingerprint density at radius 3 is 2.62 bits per heavy atom. The van der Waals surface area contributed by atoms with Crippen LogP contribution in [0.5, 0.6) is 0 Å². The van der Waals surface area contributed by atoms with Gasteiger partial charge in [0.1, 0.15) is 0 Å². The average molecular weight is 229 g/mol. The van der Waals surface area contributed by atoms with Crippen LogP contribution in [-0.2, 0) is 9.47 Å². The normalized spacial score (nSPS) is 28.1. The number of hydrogen-bond acceptors (Lipinski definition) is 3. The fraction of sp³-hybridized carbons (Fsp3) is 1.00. The van der Waals surface area contributed by atoms with Gasteiger partial charge < -0.3 is 14.8 Å². The molecule has 1 N–H and O–H groups in total. The molecule has 2 atom stereocenters. The lowest BCUT2D eigenvalue weighted by Gasteiger charge is -2.30. The van der Waals surface area contributed by atoms with Crippen molar-refractivity contribution in [2.24, 2.45) is 5.41 Å². The molecular weight excluding hydrogens is 202 g/mol. The molecule has 96 valence electrons. The van der Waals surface area contributed by atoms with Crippen molar-refractivity contribution in [2.45, 2.75) is 59.3 Å². The Balaban J connectivity index is 2.35. The Bertz CT molecular complexity index is 199. The molecule has 0 aromatic rings. The van der Waals surface area contributed by atoms with Crippen LogP contribution in [0, 0.1) is 5.41 Å². The second-order valence-electron chi connectivity index (χ2n) is 5.99. The van der Waals surface area contributed by atoms with E-state index in [-0.39, 0.29) is 12.2 Å². The summed E-state index contributed by atoms with van der Waals surface area (Å²) in [6.45, 7) is 13.4. The van der Waals surface area contributed by atoms with Crippen molar-refractivity contribution in [3.63, 3.8) is 0 Å². The first-order chi connectivity index (χ1) is 7.39. The van der Waals surface area contributed by atoms with Gasteiger partial charge in [-0.3, -0.25) is 0 Å². The molecule has 0 saturated carbocycles. The summed E-state index contributed by atoms with van der Waals surface area (Å²) in [4.78, 5) is 0. The molecule has 0 amide bonds. The van der Waals surface area contributed by atoms with Gasteiger partial charge in [-0.1, -0.05) is 20.8 Å². The molecule has 1 saturated heterocycles. The monoisotopic (exact) mass is 229 g/mol. The van der Waals surface area contributed by atoms with Crippen LogP contribution in [0.4, 0.5) is 0 Å². The van der Waals surface area contributed by atoms with Gasteiger partial charge in [0.15, 0.2) is 0 Å². The lowest BCUT2D eigenvalue weighted by atomic mass is 9.85. The van der Waals surface area contributed by atoms with Crippen LogP contribution in [0.1, 0.15) is 41.0 Å². The van der Waals surface area contributed by atoms with Crippen molar-refractivity contribution >= 4 is 0 Å². The van der Waals surface area contributed by atoms with Crippen LogP contribution < -0.4 is 5.32 Å². The van der Waals surface area contributed by atoms with Crippen LogP contribution in [0.2, 0.25) is 0 Å². The Morgan fingerprint density at radius 2 is 2.06 bits per heavy atom. The van der Waals surface area contributed by atoms with Crippen molar-refractivity contribution in [2.75, 3.05) is 19.8 Å². The van der Waals surface area contributed by atoms with E-state index in [0.717, 1.165) is 19.6 Å². The van der Waals surface area contributed by atoms with Crippen molar-refractivity contribution in [1.29, 1.82) is 0 Å². The van der Waals surface area contributed by atoms with E-state index in [0.29, 0.717) is 18.1 Å². The summed E-state index contributed by atoms with van der Waals surface area (Å²) in [7, 11) is 0. The summed E-state index contributed by atoms with van der Waals surface area (Å²) < 4.78 is 11.4. The van der Waals surface area contributed by atoms with Crippen molar-refractivity contribution < 1.29 is 9.47 Å². The summed E-state index contributed by atoms with van der Waals surface area (Å²) in [5.74, 6) is 0. The second-order valence-corrected chi connectivity index (χ2v) is 5.99. The van der Waals surface area contributed by atoms with Gasteiger partial charge in [-0.25, -0.2) is 0 Å². The predicted octanol–water partition coefficient (Wildman–Crippen LogP) is 2.20. The zero-order valence-electron chi connectivity index (χ0n) is 11.4. The highest BCUT2D eigenvalue weighted by Gasteiger charge is 2.27. The fourth-order valence-corrected chi connectivity index (χ4v) is 1.93. The number of nitrogens with one attached hydrogen (secondary N) is 1. The van der Waals surface area contributed by atoms with E-state index in [4.69, 9.17) is 9.47 Å². The lowest BCUT2D eigenvalue weighted by Crippen LogP contribution is -2.42. The van der Waals surface area contributed by atoms with Gasteiger partial charge in [0.2, 0.25) is 0 Å². The highest BCUT2D eigenvalue weighted by molar-refractivity contribution is 4.83. The van der Waals surface area contributed by atoms with Crippen LogP contribution in [0.25, 0.3) is 0 Å². The zero-order valence-corrected chi connectivity index (χ0v) is 11.4. The number of ether oxygens (including phenoxy) is 2. The molecule has 1 heterocycles. The first-order valence-corrected chi connectivity index (χ1v) is 6.36. The van der Waals surface area contributed by atoms with Crippen LogP contribution in [0.3, 0.4) is 0 Å². The molecule has 2 unspecified atom stereocenters. The quantitative estimate of drug-likeness (QED) is 0.805. The minimum absolute atomic E-state index is 0.203. The van der Waals surface area contributed by atoms with Gasteiger partial charge >= 0.3 is 0 Å². The molecular formula is C13H27NO2. The minimum Gasteiger partial charge on any atom is -0.376 e. The topological polar surface area (TPSA) is 30.5 Å². The molecule has 0 aromatic heterocycles. The maximum Gasteiger partial charge on any atom is 0.0932 e. The summed E-state index contributed by atoms with van der Waals surface area (Å²) >= 11 is 0. The standard InChI is InChI=1S/C13H27NO2/c1-10(2)16-9-11-8-14-12(6-7-15-11)13(3,4)5/h10-12,14H,6-9H2,1-5H3. The van der Waals surface area contributed by atoms with Gasteiger partial charge in [-0.05, 0) is 25.7 Å². The van der Waals surface area contributed by atoms with Crippen LogP contribution >= 0.6 is 0 Å². The maximum absolute atomic E-state index is 5.79. The smallest absolute Gasteiger partial charge is 0.0932 e.